The molecule has 3 aromatic rings. The van der Waals surface area contributed by atoms with Crippen molar-refractivity contribution >= 4 is 11.7 Å². The fourth-order valence-corrected chi connectivity index (χ4v) is 3.37. The lowest BCUT2D eigenvalue weighted by Gasteiger charge is -2.35. The first-order valence-corrected chi connectivity index (χ1v) is 8.60. The molecule has 0 spiro atoms. The molecular formula is C17H21N7O. The smallest absolute Gasteiger partial charge is 0.293 e. The first-order valence-electron chi connectivity index (χ1n) is 8.60. The van der Waals surface area contributed by atoms with Gasteiger partial charge in [0.05, 0.1) is 18.8 Å². The summed E-state index contributed by atoms with van der Waals surface area (Å²) in [6.07, 6.45) is 8.62. The van der Waals surface area contributed by atoms with Gasteiger partial charge >= 0.3 is 0 Å². The molecule has 0 saturated carbocycles. The van der Waals surface area contributed by atoms with E-state index in [0.717, 1.165) is 37.1 Å². The first-order chi connectivity index (χ1) is 12.1. The van der Waals surface area contributed by atoms with Crippen LogP contribution in [0.3, 0.4) is 0 Å². The molecule has 1 fully saturated rings. The molecule has 0 aromatic carbocycles. The predicted octanol–water partition coefficient (Wildman–Crippen LogP) is 1.63. The quantitative estimate of drug-likeness (QED) is 0.724. The van der Waals surface area contributed by atoms with Crippen LogP contribution in [-0.4, -0.2) is 52.8 Å². The number of likely N-dealkylation sites (tertiary alicyclic amines) is 1. The Hall–Kier alpha value is -2.77. The molecule has 1 atom stereocenters. The number of hydrogen-bond donors (Lipinski definition) is 0. The summed E-state index contributed by atoms with van der Waals surface area (Å²) < 4.78 is 3.53. The van der Waals surface area contributed by atoms with E-state index in [1.54, 1.807) is 10.7 Å². The van der Waals surface area contributed by atoms with Crippen LogP contribution in [0.25, 0.3) is 5.78 Å². The van der Waals surface area contributed by atoms with Crippen molar-refractivity contribution in [2.24, 2.45) is 0 Å². The molecule has 1 aliphatic rings. The van der Waals surface area contributed by atoms with E-state index in [2.05, 4.69) is 20.2 Å². The highest BCUT2D eigenvalue weighted by atomic mass is 16.2. The SMILES string of the molecule is Cc1cnn(C[C@@H]2CCCCN2C(=O)c2nc3nccc(C)n3n2)c1. The minimum absolute atomic E-state index is 0.112. The highest BCUT2D eigenvalue weighted by Gasteiger charge is 2.30. The topological polar surface area (TPSA) is 81.2 Å². The Morgan fingerprint density at radius 2 is 2.20 bits per heavy atom. The normalized spacial score (nSPS) is 18.0. The Kier molecular flexibility index (Phi) is 3.95. The standard InChI is InChI=1S/C17H21N7O/c1-12-9-19-22(10-12)11-14-5-3-4-8-23(14)16(25)15-20-17-18-7-6-13(2)24(17)21-15/h6-7,9-10,14H,3-5,8,11H2,1-2H3/t14-/m0/s1. The zero-order valence-corrected chi connectivity index (χ0v) is 14.5. The zero-order valence-electron chi connectivity index (χ0n) is 14.5. The Balaban J connectivity index is 1.60. The molecule has 1 saturated heterocycles. The molecule has 8 nitrogen and oxygen atoms in total. The van der Waals surface area contributed by atoms with Gasteiger partial charge in [0.15, 0.2) is 0 Å². The van der Waals surface area contributed by atoms with Gasteiger partial charge in [0.2, 0.25) is 5.82 Å². The van der Waals surface area contributed by atoms with E-state index in [1.165, 1.54) is 0 Å². The van der Waals surface area contributed by atoms with Crippen LogP contribution in [0.2, 0.25) is 0 Å². The highest BCUT2D eigenvalue weighted by Crippen LogP contribution is 2.20. The lowest BCUT2D eigenvalue weighted by molar-refractivity contribution is 0.0571. The van der Waals surface area contributed by atoms with E-state index in [9.17, 15) is 4.79 Å². The Morgan fingerprint density at radius 3 is 2.96 bits per heavy atom. The van der Waals surface area contributed by atoms with Crippen LogP contribution >= 0.6 is 0 Å². The molecule has 1 amide bonds. The molecule has 8 heteroatoms. The van der Waals surface area contributed by atoms with E-state index in [1.807, 2.05) is 41.9 Å². The highest BCUT2D eigenvalue weighted by molar-refractivity contribution is 5.91. The molecular weight excluding hydrogens is 318 g/mol. The summed E-state index contributed by atoms with van der Waals surface area (Å²) in [5.74, 6) is 0.545. The maximum absolute atomic E-state index is 13.0. The number of rotatable bonds is 3. The molecule has 0 radical (unpaired) electrons. The second-order valence-electron chi connectivity index (χ2n) is 6.62. The summed E-state index contributed by atoms with van der Waals surface area (Å²) >= 11 is 0. The Labute approximate surface area is 145 Å². The van der Waals surface area contributed by atoms with Gasteiger partial charge in [-0.2, -0.15) is 10.1 Å². The van der Waals surface area contributed by atoms with Gasteiger partial charge in [-0.05, 0) is 44.7 Å². The van der Waals surface area contributed by atoms with E-state index in [4.69, 9.17) is 0 Å². The van der Waals surface area contributed by atoms with E-state index >= 15 is 0 Å². The van der Waals surface area contributed by atoms with E-state index < -0.39 is 0 Å². The average Bonchev–Trinajstić information content (AvgIpc) is 3.22. The second kappa shape index (κ2) is 6.27. The van der Waals surface area contributed by atoms with Crippen LogP contribution in [-0.2, 0) is 6.54 Å². The lowest BCUT2D eigenvalue weighted by atomic mass is 10.0. The van der Waals surface area contributed by atoms with Crippen molar-refractivity contribution < 1.29 is 4.79 Å². The minimum atomic E-state index is -0.126. The fourth-order valence-electron chi connectivity index (χ4n) is 3.37. The summed E-state index contributed by atoms with van der Waals surface area (Å²) in [5.41, 5.74) is 2.02. The summed E-state index contributed by atoms with van der Waals surface area (Å²) in [6, 6.07) is 1.96. The van der Waals surface area contributed by atoms with Crippen LogP contribution < -0.4 is 0 Å². The second-order valence-corrected chi connectivity index (χ2v) is 6.62. The molecule has 3 aromatic heterocycles. The number of aromatic nitrogens is 6. The van der Waals surface area contributed by atoms with Crippen molar-refractivity contribution in [3.8, 4) is 0 Å². The molecule has 0 unspecified atom stereocenters. The summed E-state index contributed by atoms with van der Waals surface area (Å²) in [7, 11) is 0. The third-order valence-corrected chi connectivity index (χ3v) is 4.67. The van der Waals surface area contributed by atoms with E-state index in [0.29, 0.717) is 12.3 Å². The van der Waals surface area contributed by atoms with Crippen LogP contribution in [0.15, 0.2) is 24.7 Å². The van der Waals surface area contributed by atoms with Crippen molar-refractivity contribution in [3.63, 3.8) is 0 Å². The molecule has 4 rings (SSSR count). The van der Waals surface area contributed by atoms with Gasteiger partial charge in [0.25, 0.3) is 11.7 Å². The number of hydrogen-bond acceptors (Lipinski definition) is 5. The van der Waals surface area contributed by atoms with Crippen molar-refractivity contribution in [2.75, 3.05) is 6.54 Å². The molecule has 25 heavy (non-hydrogen) atoms. The molecule has 1 aliphatic heterocycles. The molecule has 0 bridgehead atoms. The minimum Gasteiger partial charge on any atom is -0.331 e. The van der Waals surface area contributed by atoms with Crippen LogP contribution in [0, 0.1) is 13.8 Å². The molecule has 0 aliphatic carbocycles. The van der Waals surface area contributed by atoms with Gasteiger partial charge < -0.3 is 4.90 Å². The van der Waals surface area contributed by atoms with Crippen molar-refractivity contribution in [1.29, 1.82) is 0 Å². The van der Waals surface area contributed by atoms with Crippen molar-refractivity contribution in [3.05, 3.63) is 41.7 Å². The number of piperidine rings is 1. The average molecular weight is 339 g/mol. The Bertz CT molecular complexity index is 913. The molecule has 130 valence electrons. The largest absolute Gasteiger partial charge is 0.331 e. The molecule has 4 heterocycles. The monoisotopic (exact) mass is 339 g/mol. The van der Waals surface area contributed by atoms with Crippen LogP contribution in [0.5, 0.6) is 0 Å². The van der Waals surface area contributed by atoms with Gasteiger partial charge in [0.1, 0.15) is 0 Å². The van der Waals surface area contributed by atoms with Gasteiger partial charge in [-0.15, -0.1) is 5.10 Å². The number of aryl methyl sites for hydroxylation is 2. The van der Waals surface area contributed by atoms with Gasteiger partial charge in [0, 0.05) is 24.6 Å². The Morgan fingerprint density at radius 1 is 1.32 bits per heavy atom. The summed E-state index contributed by atoms with van der Waals surface area (Å²) in [6.45, 7) is 5.36. The third kappa shape index (κ3) is 2.99. The maximum Gasteiger partial charge on any atom is 0.293 e. The van der Waals surface area contributed by atoms with Crippen molar-refractivity contribution in [1.82, 2.24) is 34.3 Å². The number of nitrogens with zero attached hydrogens (tertiary/aromatic N) is 7. The van der Waals surface area contributed by atoms with Crippen LogP contribution in [0.1, 0.15) is 41.1 Å². The van der Waals surface area contributed by atoms with Crippen LogP contribution in [0.4, 0.5) is 0 Å². The fraction of sp³-hybridized carbons (Fsp3) is 0.471. The van der Waals surface area contributed by atoms with Gasteiger partial charge in [-0.25, -0.2) is 9.50 Å². The zero-order chi connectivity index (χ0) is 17.4. The summed E-state index contributed by atoms with van der Waals surface area (Å²) in [4.78, 5) is 23.4. The number of fused-ring (bicyclic) bond motifs is 1. The maximum atomic E-state index is 13.0. The third-order valence-electron chi connectivity index (χ3n) is 4.67. The van der Waals surface area contributed by atoms with E-state index in [-0.39, 0.29) is 17.8 Å². The number of carbonyl (C=O) groups excluding carboxylic acids is 1. The molecule has 0 N–H and O–H groups in total. The predicted molar refractivity (Wildman–Crippen MR) is 91.2 cm³/mol. The summed E-state index contributed by atoms with van der Waals surface area (Å²) in [5, 5.41) is 8.72. The lowest BCUT2D eigenvalue weighted by Crippen LogP contribution is -2.46. The van der Waals surface area contributed by atoms with Gasteiger partial charge in [-0.3, -0.25) is 9.48 Å². The van der Waals surface area contributed by atoms with Crippen molar-refractivity contribution in [2.45, 2.75) is 45.7 Å². The first kappa shape index (κ1) is 15.7. The number of carbonyl (C=O) groups is 1. The van der Waals surface area contributed by atoms with Gasteiger partial charge in [-0.1, -0.05) is 0 Å². The number of amides is 1.